The minimum atomic E-state index is 0.673. The Balaban J connectivity index is 2.73. The van der Waals surface area contributed by atoms with Gasteiger partial charge < -0.3 is 10.6 Å². The van der Waals surface area contributed by atoms with Crippen LogP contribution in [0.15, 0.2) is 0 Å². The number of aryl methyl sites for hydroxylation is 1. The molecule has 0 aliphatic heterocycles. The second-order valence-corrected chi connectivity index (χ2v) is 4.07. The molecule has 1 rings (SSSR count). The van der Waals surface area contributed by atoms with Crippen molar-refractivity contribution in [3.63, 3.8) is 0 Å². The topological polar surface area (TPSA) is 42.2 Å². The van der Waals surface area contributed by atoms with E-state index in [0.29, 0.717) is 5.82 Å². The summed E-state index contributed by atoms with van der Waals surface area (Å²) in [7, 11) is 4.04. The summed E-state index contributed by atoms with van der Waals surface area (Å²) < 4.78 is 0. The highest BCUT2D eigenvalue weighted by molar-refractivity contribution is 7.12. The first kappa shape index (κ1) is 8.49. The van der Waals surface area contributed by atoms with Crippen LogP contribution in [0.4, 0.5) is 5.82 Å². The summed E-state index contributed by atoms with van der Waals surface area (Å²) in [5.41, 5.74) is 5.60. The monoisotopic (exact) mass is 171 g/mol. The lowest BCUT2D eigenvalue weighted by Crippen LogP contribution is -2.10. The van der Waals surface area contributed by atoms with Crippen LogP contribution in [-0.2, 0) is 6.54 Å². The fourth-order valence-corrected chi connectivity index (χ4v) is 1.77. The third-order valence-electron chi connectivity index (χ3n) is 1.33. The molecule has 0 fully saturated rings. The van der Waals surface area contributed by atoms with E-state index in [0.717, 1.165) is 16.4 Å². The van der Waals surface area contributed by atoms with E-state index in [1.165, 1.54) is 0 Å². The lowest BCUT2D eigenvalue weighted by atomic mass is 10.5. The highest BCUT2D eigenvalue weighted by Crippen LogP contribution is 2.19. The molecule has 62 valence electrons. The normalized spacial score (nSPS) is 10.9. The smallest absolute Gasteiger partial charge is 0.137 e. The van der Waals surface area contributed by atoms with E-state index in [1.807, 2.05) is 21.0 Å². The van der Waals surface area contributed by atoms with Gasteiger partial charge in [0.05, 0.1) is 0 Å². The molecule has 1 aromatic heterocycles. The van der Waals surface area contributed by atoms with Crippen molar-refractivity contribution in [2.45, 2.75) is 13.5 Å². The summed E-state index contributed by atoms with van der Waals surface area (Å²) in [5.74, 6) is 0.673. The Labute approximate surface area is 70.9 Å². The Hall–Kier alpha value is -0.610. The molecule has 0 amide bonds. The van der Waals surface area contributed by atoms with Crippen molar-refractivity contribution in [2.24, 2.45) is 0 Å². The van der Waals surface area contributed by atoms with Gasteiger partial charge in [-0.05, 0) is 21.0 Å². The van der Waals surface area contributed by atoms with E-state index in [9.17, 15) is 0 Å². The van der Waals surface area contributed by atoms with E-state index in [-0.39, 0.29) is 0 Å². The van der Waals surface area contributed by atoms with Gasteiger partial charge in [0, 0.05) is 11.4 Å². The molecule has 0 atom stereocenters. The third-order valence-corrected chi connectivity index (χ3v) is 2.30. The summed E-state index contributed by atoms with van der Waals surface area (Å²) in [5, 5.41) is 1.09. The molecule has 0 aromatic carbocycles. The zero-order valence-corrected chi connectivity index (χ0v) is 7.90. The number of rotatable bonds is 2. The minimum absolute atomic E-state index is 0.673. The van der Waals surface area contributed by atoms with Gasteiger partial charge in [0.2, 0.25) is 0 Å². The first-order chi connectivity index (χ1) is 5.09. The van der Waals surface area contributed by atoms with Crippen molar-refractivity contribution < 1.29 is 0 Å². The molecule has 2 N–H and O–H groups in total. The summed E-state index contributed by atoms with van der Waals surface area (Å²) in [6.45, 7) is 2.87. The molecule has 0 saturated carbocycles. The summed E-state index contributed by atoms with van der Waals surface area (Å²) >= 11 is 1.66. The summed E-state index contributed by atoms with van der Waals surface area (Å²) in [6.07, 6.45) is 0. The van der Waals surface area contributed by atoms with Crippen LogP contribution < -0.4 is 5.73 Å². The lowest BCUT2D eigenvalue weighted by Gasteiger charge is -2.04. The highest BCUT2D eigenvalue weighted by Gasteiger charge is 2.03. The first-order valence-electron chi connectivity index (χ1n) is 3.46. The molecule has 0 radical (unpaired) electrons. The average Bonchev–Trinajstić information content (AvgIpc) is 2.10. The average molecular weight is 171 g/mol. The Kier molecular flexibility index (Phi) is 2.46. The number of nitrogens with zero attached hydrogens (tertiary/aromatic N) is 2. The van der Waals surface area contributed by atoms with Gasteiger partial charge in [-0.15, -0.1) is 11.3 Å². The molecule has 1 heterocycles. The Bertz CT molecular complexity index is 222. The van der Waals surface area contributed by atoms with Crippen molar-refractivity contribution in [2.75, 3.05) is 19.8 Å². The van der Waals surface area contributed by atoms with E-state index in [1.54, 1.807) is 11.3 Å². The van der Waals surface area contributed by atoms with Gasteiger partial charge in [0.25, 0.3) is 0 Å². The maximum absolute atomic E-state index is 5.60. The van der Waals surface area contributed by atoms with E-state index < -0.39 is 0 Å². The molecule has 0 bridgehead atoms. The van der Waals surface area contributed by atoms with Crippen molar-refractivity contribution in [3.8, 4) is 0 Å². The molecule has 0 unspecified atom stereocenters. The molecule has 3 nitrogen and oxygen atoms in total. The van der Waals surface area contributed by atoms with Gasteiger partial charge in [-0.2, -0.15) is 0 Å². The highest BCUT2D eigenvalue weighted by atomic mass is 32.1. The van der Waals surface area contributed by atoms with E-state index in [2.05, 4.69) is 9.88 Å². The number of nitrogens with two attached hydrogens (primary N) is 1. The number of nitrogen functional groups attached to an aromatic ring is 1. The third kappa shape index (κ3) is 2.17. The van der Waals surface area contributed by atoms with E-state index in [4.69, 9.17) is 5.73 Å². The van der Waals surface area contributed by atoms with Gasteiger partial charge in [0.15, 0.2) is 0 Å². The first-order valence-corrected chi connectivity index (χ1v) is 4.27. The van der Waals surface area contributed by atoms with Crippen LogP contribution in [0.25, 0.3) is 0 Å². The fraction of sp³-hybridized carbons (Fsp3) is 0.571. The maximum Gasteiger partial charge on any atom is 0.137 e. The number of hydrogen-bond acceptors (Lipinski definition) is 4. The molecular weight excluding hydrogens is 158 g/mol. The minimum Gasteiger partial charge on any atom is -0.383 e. The van der Waals surface area contributed by atoms with Crippen molar-refractivity contribution >= 4 is 17.2 Å². The maximum atomic E-state index is 5.60. The van der Waals surface area contributed by atoms with Crippen LogP contribution in [0.2, 0.25) is 0 Å². The largest absolute Gasteiger partial charge is 0.383 e. The molecule has 0 aliphatic rings. The summed E-state index contributed by atoms with van der Waals surface area (Å²) in [4.78, 5) is 7.40. The van der Waals surface area contributed by atoms with Crippen LogP contribution in [0.1, 0.15) is 9.88 Å². The Morgan fingerprint density at radius 3 is 2.55 bits per heavy atom. The van der Waals surface area contributed by atoms with Gasteiger partial charge in [-0.1, -0.05) is 0 Å². The van der Waals surface area contributed by atoms with Crippen LogP contribution in [-0.4, -0.2) is 24.0 Å². The zero-order valence-electron chi connectivity index (χ0n) is 7.09. The molecule has 0 aliphatic carbocycles. The quantitative estimate of drug-likeness (QED) is 0.724. The standard InChI is InChI=1S/C7H13N3S/c1-5-7(8)9-6(11-5)4-10(2)3/h4,8H2,1-3H3. The summed E-state index contributed by atoms with van der Waals surface area (Å²) in [6, 6.07) is 0. The lowest BCUT2D eigenvalue weighted by molar-refractivity contribution is 0.402. The molecule has 11 heavy (non-hydrogen) atoms. The predicted octanol–water partition coefficient (Wildman–Crippen LogP) is 1.10. The van der Waals surface area contributed by atoms with Crippen molar-refractivity contribution in [1.82, 2.24) is 9.88 Å². The molecule has 1 aromatic rings. The second kappa shape index (κ2) is 3.19. The van der Waals surface area contributed by atoms with Crippen LogP contribution in [0.5, 0.6) is 0 Å². The Morgan fingerprint density at radius 2 is 2.18 bits per heavy atom. The van der Waals surface area contributed by atoms with Crippen molar-refractivity contribution in [1.29, 1.82) is 0 Å². The van der Waals surface area contributed by atoms with Crippen molar-refractivity contribution in [3.05, 3.63) is 9.88 Å². The second-order valence-electron chi connectivity index (χ2n) is 2.79. The van der Waals surface area contributed by atoms with Gasteiger partial charge in [-0.3, -0.25) is 0 Å². The van der Waals surface area contributed by atoms with Gasteiger partial charge in [0.1, 0.15) is 10.8 Å². The molecule has 0 spiro atoms. The zero-order chi connectivity index (χ0) is 8.43. The number of thiazole rings is 1. The fourth-order valence-electron chi connectivity index (χ4n) is 0.803. The molecule has 4 heteroatoms. The number of aromatic nitrogens is 1. The van der Waals surface area contributed by atoms with Gasteiger partial charge in [-0.25, -0.2) is 4.98 Å². The Morgan fingerprint density at radius 1 is 1.55 bits per heavy atom. The van der Waals surface area contributed by atoms with Gasteiger partial charge >= 0.3 is 0 Å². The number of hydrogen-bond donors (Lipinski definition) is 1. The molecular formula is C7H13N3S. The predicted molar refractivity (Wildman–Crippen MR) is 48.7 cm³/mol. The molecule has 0 saturated heterocycles. The number of anilines is 1. The van der Waals surface area contributed by atoms with Crippen LogP contribution in [0.3, 0.4) is 0 Å². The SMILES string of the molecule is Cc1sc(CN(C)C)nc1N. The van der Waals surface area contributed by atoms with Crippen LogP contribution >= 0.6 is 11.3 Å². The van der Waals surface area contributed by atoms with Crippen LogP contribution in [0, 0.1) is 6.92 Å². The van der Waals surface area contributed by atoms with E-state index >= 15 is 0 Å².